The molecule has 2 N–H and O–H groups in total. The minimum atomic E-state index is -0.848. The third-order valence-corrected chi connectivity index (χ3v) is 5.31. The highest BCUT2D eigenvalue weighted by molar-refractivity contribution is 5.96. The zero-order chi connectivity index (χ0) is 16.0. The van der Waals surface area contributed by atoms with Gasteiger partial charge in [-0.25, -0.2) is 0 Å². The molecule has 4 rings (SSSR count). The van der Waals surface area contributed by atoms with Crippen molar-refractivity contribution in [2.45, 2.75) is 19.3 Å². The molecule has 4 atom stereocenters. The van der Waals surface area contributed by atoms with Gasteiger partial charge in [-0.1, -0.05) is 0 Å². The fourth-order valence-corrected chi connectivity index (χ4v) is 4.37. The number of aliphatic carboxylic acids is 1. The standard InChI is InChI=1S/C17H19NO5/c19-16(14-9-1-2-10(7-9)15(14)17(20)21)18-11-3-4-12-13(8-11)23-6-5-22-12/h3-4,8-10,14-15H,1-2,5-7H2,(H,18,19)(H,20,21)/t9-,10-,14+,15-/m0/s1. The van der Waals surface area contributed by atoms with Gasteiger partial charge in [0.2, 0.25) is 5.91 Å². The first-order valence-electron chi connectivity index (χ1n) is 8.07. The Balaban J connectivity index is 1.52. The topological polar surface area (TPSA) is 84.9 Å². The summed E-state index contributed by atoms with van der Waals surface area (Å²) in [6, 6.07) is 5.25. The fraction of sp³-hybridized carbons (Fsp3) is 0.529. The number of benzene rings is 1. The van der Waals surface area contributed by atoms with Crippen LogP contribution < -0.4 is 14.8 Å². The number of carbonyl (C=O) groups excluding carboxylic acids is 1. The van der Waals surface area contributed by atoms with Crippen LogP contribution in [0.15, 0.2) is 18.2 Å². The lowest BCUT2D eigenvalue weighted by molar-refractivity contribution is -0.148. The van der Waals surface area contributed by atoms with Gasteiger partial charge in [0.25, 0.3) is 0 Å². The minimum Gasteiger partial charge on any atom is -0.486 e. The van der Waals surface area contributed by atoms with E-state index in [-0.39, 0.29) is 17.7 Å². The molecule has 1 heterocycles. The van der Waals surface area contributed by atoms with Crippen LogP contribution >= 0.6 is 0 Å². The highest BCUT2D eigenvalue weighted by Gasteiger charge is 2.53. The second-order valence-electron chi connectivity index (χ2n) is 6.57. The molecule has 2 saturated carbocycles. The van der Waals surface area contributed by atoms with Gasteiger partial charge >= 0.3 is 5.97 Å². The fourth-order valence-electron chi connectivity index (χ4n) is 4.37. The van der Waals surface area contributed by atoms with E-state index in [2.05, 4.69) is 5.32 Å². The molecule has 2 bridgehead atoms. The monoisotopic (exact) mass is 317 g/mol. The van der Waals surface area contributed by atoms with Crippen molar-refractivity contribution < 1.29 is 24.2 Å². The number of carbonyl (C=O) groups is 2. The molecule has 2 aliphatic carbocycles. The summed E-state index contributed by atoms with van der Waals surface area (Å²) in [7, 11) is 0. The van der Waals surface area contributed by atoms with E-state index in [1.54, 1.807) is 18.2 Å². The molecule has 3 aliphatic rings. The summed E-state index contributed by atoms with van der Waals surface area (Å²) in [6.45, 7) is 1.00. The van der Waals surface area contributed by atoms with Crippen LogP contribution in [-0.2, 0) is 9.59 Å². The Morgan fingerprint density at radius 2 is 1.74 bits per heavy atom. The molecule has 2 fully saturated rings. The summed E-state index contributed by atoms with van der Waals surface area (Å²) >= 11 is 0. The van der Waals surface area contributed by atoms with Crippen LogP contribution in [-0.4, -0.2) is 30.2 Å². The second kappa shape index (κ2) is 5.44. The van der Waals surface area contributed by atoms with Crippen LogP contribution in [0.5, 0.6) is 11.5 Å². The summed E-state index contributed by atoms with van der Waals surface area (Å²) in [5.74, 6) is -0.410. The lowest BCUT2D eigenvalue weighted by atomic mass is 9.78. The Labute approximate surface area is 133 Å². The number of amides is 1. The molecule has 1 aromatic rings. The van der Waals surface area contributed by atoms with Gasteiger partial charge < -0.3 is 19.9 Å². The molecular formula is C17H19NO5. The third-order valence-electron chi connectivity index (χ3n) is 5.31. The zero-order valence-electron chi connectivity index (χ0n) is 12.7. The maximum atomic E-state index is 12.6. The van der Waals surface area contributed by atoms with Crippen LogP contribution in [0.1, 0.15) is 19.3 Å². The minimum absolute atomic E-state index is 0.147. The van der Waals surface area contributed by atoms with Crippen molar-refractivity contribution in [1.82, 2.24) is 0 Å². The maximum Gasteiger partial charge on any atom is 0.307 e. The van der Waals surface area contributed by atoms with E-state index in [4.69, 9.17) is 9.47 Å². The average Bonchev–Trinajstić information content (AvgIpc) is 3.15. The average molecular weight is 317 g/mol. The second-order valence-corrected chi connectivity index (χ2v) is 6.57. The van der Waals surface area contributed by atoms with Crippen LogP contribution in [0.25, 0.3) is 0 Å². The Hall–Kier alpha value is -2.24. The summed E-state index contributed by atoms with van der Waals surface area (Å²) in [6.07, 6.45) is 2.74. The van der Waals surface area contributed by atoms with Crippen molar-refractivity contribution in [3.05, 3.63) is 18.2 Å². The predicted octanol–water partition coefficient (Wildman–Crippen LogP) is 2.14. The van der Waals surface area contributed by atoms with Crippen molar-refractivity contribution in [3.63, 3.8) is 0 Å². The highest BCUT2D eigenvalue weighted by Crippen LogP contribution is 2.52. The molecule has 0 unspecified atom stereocenters. The van der Waals surface area contributed by atoms with Crippen molar-refractivity contribution in [3.8, 4) is 11.5 Å². The van der Waals surface area contributed by atoms with Crippen molar-refractivity contribution in [2.75, 3.05) is 18.5 Å². The first-order valence-corrected chi connectivity index (χ1v) is 8.07. The molecule has 23 heavy (non-hydrogen) atoms. The summed E-state index contributed by atoms with van der Waals surface area (Å²) in [5, 5.41) is 12.3. The number of carboxylic acid groups (broad SMARTS) is 1. The smallest absolute Gasteiger partial charge is 0.307 e. The van der Waals surface area contributed by atoms with E-state index < -0.39 is 17.8 Å². The Morgan fingerprint density at radius 3 is 2.48 bits per heavy atom. The van der Waals surface area contributed by atoms with Gasteiger partial charge in [-0.3, -0.25) is 9.59 Å². The van der Waals surface area contributed by atoms with E-state index in [0.29, 0.717) is 30.4 Å². The van der Waals surface area contributed by atoms with Gasteiger partial charge in [-0.15, -0.1) is 0 Å². The molecule has 1 amide bonds. The van der Waals surface area contributed by atoms with E-state index in [1.807, 2.05) is 0 Å². The first kappa shape index (κ1) is 14.4. The number of nitrogens with one attached hydrogen (secondary N) is 1. The van der Waals surface area contributed by atoms with Crippen LogP contribution in [0.3, 0.4) is 0 Å². The number of hydrogen-bond acceptors (Lipinski definition) is 4. The van der Waals surface area contributed by atoms with Gasteiger partial charge in [0.15, 0.2) is 11.5 Å². The third kappa shape index (κ3) is 2.42. The SMILES string of the molecule is O=C(Nc1ccc2c(c1)OCCO2)[C@@H]1[C@H]2CC[C@@H](C2)[C@@H]1C(=O)O. The summed E-state index contributed by atoms with van der Waals surface area (Å²) < 4.78 is 11.0. The Bertz CT molecular complexity index is 658. The van der Waals surface area contributed by atoms with Crippen LogP contribution in [0.4, 0.5) is 5.69 Å². The summed E-state index contributed by atoms with van der Waals surface area (Å²) in [4.78, 5) is 24.2. The molecule has 0 saturated heterocycles. The molecule has 1 aliphatic heterocycles. The molecule has 0 spiro atoms. The van der Waals surface area contributed by atoms with Crippen LogP contribution in [0, 0.1) is 23.7 Å². The molecule has 1 aromatic carbocycles. The Morgan fingerprint density at radius 1 is 1.04 bits per heavy atom. The van der Waals surface area contributed by atoms with Crippen molar-refractivity contribution >= 4 is 17.6 Å². The van der Waals surface area contributed by atoms with E-state index in [0.717, 1.165) is 19.3 Å². The van der Waals surface area contributed by atoms with E-state index in [9.17, 15) is 14.7 Å². The number of anilines is 1. The van der Waals surface area contributed by atoms with Gasteiger partial charge in [0.1, 0.15) is 13.2 Å². The van der Waals surface area contributed by atoms with Gasteiger partial charge in [-0.2, -0.15) is 0 Å². The maximum absolute atomic E-state index is 12.6. The molecule has 0 radical (unpaired) electrons. The van der Waals surface area contributed by atoms with Gasteiger partial charge in [0.05, 0.1) is 11.8 Å². The van der Waals surface area contributed by atoms with Gasteiger partial charge in [-0.05, 0) is 43.2 Å². The van der Waals surface area contributed by atoms with Crippen molar-refractivity contribution in [1.29, 1.82) is 0 Å². The largest absolute Gasteiger partial charge is 0.486 e. The molecule has 6 nitrogen and oxygen atoms in total. The van der Waals surface area contributed by atoms with Crippen LogP contribution in [0.2, 0.25) is 0 Å². The number of ether oxygens (including phenoxy) is 2. The van der Waals surface area contributed by atoms with Gasteiger partial charge in [0, 0.05) is 11.8 Å². The number of rotatable bonds is 3. The quantitative estimate of drug-likeness (QED) is 0.892. The first-order chi connectivity index (χ1) is 11.1. The van der Waals surface area contributed by atoms with E-state index in [1.165, 1.54) is 0 Å². The lowest BCUT2D eigenvalue weighted by Crippen LogP contribution is -2.37. The normalized spacial score (nSPS) is 31.0. The Kier molecular flexibility index (Phi) is 3.39. The predicted molar refractivity (Wildman–Crippen MR) is 81.5 cm³/mol. The number of carboxylic acids is 1. The molecular weight excluding hydrogens is 298 g/mol. The van der Waals surface area contributed by atoms with Crippen molar-refractivity contribution in [2.24, 2.45) is 23.7 Å². The number of fused-ring (bicyclic) bond motifs is 3. The number of hydrogen-bond donors (Lipinski definition) is 2. The summed E-state index contributed by atoms with van der Waals surface area (Å²) in [5.41, 5.74) is 0.617. The molecule has 6 heteroatoms. The lowest BCUT2D eigenvalue weighted by Gasteiger charge is -2.27. The highest BCUT2D eigenvalue weighted by atomic mass is 16.6. The molecule has 122 valence electrons. The zero-order valence-corrected chi connectivity index (χ0v) is 12.7. The van der Waals surface area contributed by atoms with E-state index >= 15 is 0 Å². The molecule has 0 aromatic heterocycles.